The highest BCUT2D eigenvalue weighted by atomic mass is 16.3. The minimum Gasteiger partial charge on any atom is -0.395 e. The lowest BCUT2D eigenvalue weighted by Gasteiger charge is -2.02. The lowest BCUT2D eigenvalue weighted by molar-refractivity contribution is -0.123. The highest BCUT2D eigenvalue weighted by molar-refractivity contribution is 5.90. The van der Waals surface area contributed by atoms with Gasteiger partial charge >= 0.3 is 0 Å². The Morgan fingerprint density at radius 3 is 2.78 bits per heavy atom. The topological polar surface area (TPSA) is 37.3 Å². The first-order valence-corrected chi connectivity index (χ1v) is 3.44. The highest BCUT2D eigenvalue weighted by Crippen LogP contribution is 2.60. The minimum absolute atomic E-state index is 0.0938. The molecule has 0 saturated heterocycles. The molecule has 2 heteroatoms. The number of ketones is 1. The predicted molar refractivity (Wildman–Crippen MR) is 31.9 cm³/mol. The van der Waals surface area contributed by atoms with Gasteiger partial charge in [0, 0.05) is 6.42 Å². The average molecular weight is 126 g/mol. The molecule has 2 rings (SSSR count). The summed E-state index contributed by atoms with van der Waals surface area (Å²) in [7, 11) is 0. The lowest BCUT2D eigenvalue weighted by Crippen LogP contribution is -2.16. The van der Waals surface area contributed by atoms with E-state index in [0.717, 1.165) is 12.8 Å². The Hall–Kier alpha value is -0.370. The van der Waals surface area contributed by atoms with E-state index in [1.54, 1.807) is 0 Å². The zero-order valence-corrected chi connectivity index (χ0v) is 5.26. The fourth-order valence-corrected chi connectivity index (χ4v) is 1.94. The van der Waals surface area contributed by atoms with Crippen molar-refractivity contribution in [3.05, 3.63) is 0 Å². The fourth-order valence-electron chi connectivity index (χ4n) is 1.94. The van der Waals surface area contributed by atoms with Gasteiger partial charge in [-0.25, -0.2) is 0 Å². The maximum absolute atomic E-state index is 11.0. The summed E-state index contributed by atoms with van der Waals surface area (Å²) in [6.07, 6.45) is 2.70. The molecule has 0 spiro atoms. The molecule has 0 aromatic carbocycles. The van der Waals surface area contributed by atoms with E-state index in [9.17, 15) is 4.79 Å². The fraction of sp³-hybridized carbons (Fsp3) is 0.857. The predicted octanol–water partition coefficient (Wildman–Crippen LogP) is 0.348. The molecule has 2 nitrogen and oxygen atoms in total. The van der Waals surface area contributed by atoms with Crippen LogP contribution in [0.3, 0.4) is 0 Å². The van der Waals surface area contributed by atoms with Gasteiger partial charge in [-0.15, -0.1) is 0 Å². The molecule has 0 bridgehead atoms. The van der Waals surface area contributed by atoms with Gasteiger partial charge in [-0.1, -0.05) is 0 Å². The van der Waals surface area contributed by atoms with Crippen molar-refractivity contribution in [1.82, 2.24) is 0 Å². The maximum Gasteiger partial charge on any atom is 0.141 e. The average Bonchev–Trinajstić information content (AvgIpc) is 2.52. The van der Waals surface area contributed by atoms with E-state index >= 15 is 0 Å². The molecule has 2 unspecified atom stereocenters. The van der Waals surface area contributed by atoms with Crippen molar-refractivity contribution in [2.45, 2.75) is 19.3 Å². The third-order valence-electron chi connectivity index (χ3n) is 2.79. The van der Waals surface area contributed by atoms with E-state index in [1.165, 1.54) is 0 Å². The number of hydrogen-bond donors (Lipinski definition) is 1. The zero-order chi connectivity index (χ0) is 6.48. The molecular weight excluding hydrogens is 116 g/mol. The van der Waals surface area contributed by atoms with Gasteiger partial charge in [0.25, 0.3) is 0 Å². The van der Waals surface area contributed by atoms with E-state index < -0.39 is 0 Å². The van der Waals surface area contributed by atoms with E-state index in [0.29, 0.717) is 18.1 Å². The number of hydrogen-bond acceptors (Lipinski definition) is 2. The highest BCUT2D eigenvalue weighted by Gasteiger charge is 2.62. The van der Waals surface area contributed by atoms with Gasteiger partial charge in [-0.05, 0) is 18.8 Å². The molecule has 2 atom stereocenters. The van der Waals surface area contributed by atoms with E-state index in [1.807, 2.05) is 0 Å². The molecule has 0 radical (unpaired) electrons. The third kappa shape index (κ3) is 0.472. The van der Waals surface area contributed by atoms with Crippen molar-refractivity contribution in [2.75, 3.05) is 6.61 Å². The summed E-state index contributed by atoms with van der Waals surface area (Å²) in [5.41, 5.74) is -0.222. The molecule has 2 aliphatic carbocycles. The van der Waals surface area contributed by atoms with Crippen LogP contribution >= 0.6 is 0 Å². The Bertz CT molecular complexity index is 160. The van der Waals surface area contributed by atoms with Crippen molar-refractivity contribution in [3.63, 3.8) is 0 Å². The second-order valence-electron chi connectivity index (χ2n) is 3.18. The van der Waals surface area contributed by atoms with Crippen LogP contribution in [-0.2, 0) is 4.79 Å². The monoisotopic (exact) mass is 126 g/mol. The van der Waals surface area contributed by atoms with Gasteiger partial charge in [0.2, 0.25) is 0 Å². The van der Waals surface area contributed by atoms with Crippen molar-refractivity contribution in [2.24, 2.45) is 11.3 Å². The Morgan fingerprint density at radius 1 is 1.78 bits per heavy atom. The minimum atomic E-state index is -0.222. The van der Waals surface area contributed by atoms with Crippen molar-refractivity contribution >= 4 is 5.78 Å². The second-order valence-corrected chi connectivity index (χ2v) is 3.18. The van der Waals surface area contributed by atoms with Crippen LogP contribution in [0.2, 0.25) is 0 Å². The van der Waals surface area contributed by atoms with E-state index in [4.69, 9.17) is 5.11 Å². The molecule has 0 amide bonds. The van der Waals surface area contributed by atoms with Crippen LogP contribution in [0.4, 0.5) is 0 Å². The molecule has 2 aliphatic rings. The Morgan fingerprint density at radius 2 is 2.56 bits per heavy atom. The van der Waals surface area contributed by atoms with Gasteiger partial charge in [0.1, 0.15) is 5.78 Å². The number of carbonyl (C=O) groups is 1. The van der Waals surface area contributed by atoms with Crippen molar-refractivity contribution in [1.29, 1.82) is 0 Å². The molecule has 50 valence electrons. The third-order valence-corrected chi connectivity index (χ3v) is 2.79. The number of fused-ring (bicyclic) bond motifs is 1. The van der Waals surface area contributed by atoms with Gasteiger partial charge in [0.15, 0.2) is 0 Å². The summed E-state index contributed by atoms with van der Waals surface area (Å²) in [5, 5.41) is 8.82. The van der Waals surface area contributed by atoms with E-state index in [2.05, 4.69) is 0 Å². The summed E-state index contributed by atoms with van der Waals surface area (Å²) in [6, 6.07) is 0. The summed E-state index contributed by atoms with van der Waals surface area (Å²) >= 11 is 0. The van der Waals surface area contributed by atoms with Crippen LogP contribution in [0.15, 0.2) is 0 Å². The number of aliphatic hydroxyl groups is 1. The Kier molecular flexibility index (Phi) is 0.826. The summed E-state index contributed by atoms with van der Waals surface area (Å²) < 4.78 is 0. The molecule has 9 heavy (non-hydrogen) atoms. The summed E-state index contributed by atoms with van der Waals surface area (Å²) in [4.78, 5) is 11.0. The molecule has 1 N–H and O–H groups in total. The Balaban J connectivity index is 2.23. The largest absolute Gasteiger partial charge is 0.395 e. The van der Waals surface area contributed by atoms with Crippen LogP contribution in [0, 0.1) is 11.3 Å². The standard InChI is InChI=1S/C7H10O2/c8-4-7-3-5(7)1-2-6(7)9/h5,8H,1-4H2. The molecular formula is C7H10O2. The van der Waals surface area contributed by atoms with E-state index in [-0.39, 0.29) is 12.0 Å². The Labute approximate surface area is 53.9 Å². The normalized spacial score (nSPS) is 47.2. The van der Waals surface area contributed by atoms with Crippen LogP contribution in [0.5, 0.6) is 0 Å². The summed E-state index contributed by atoms with van der Waals surface area (Å²) in [6.45, 7) is 0.0938. The molecule has 2 fully saturated rings. The zero-order valence-electron chi connectivity index (χ0n) is 5.26. The number of carbonyl (C=O) groups excluding carboxylic acids is 1. The smallest absolute Gasteiger partial charge is 0.141 e. The molecule has 0 aromatic rings. The maximum atomic E-state index is 11.0. The quantitative estimate of drug-likeness (QED) is 0.550. The second kappa shape index (κ2) is 1.37. The van der Waals surface area contributed by atoms with Gasteiger partial charge in [0.05, 0.1) is 12.0 Å². The molecule has 2 saturated carbocycles. The SMILES string of the molecule is O=C1CCC2CC12CO. The first kappa shape index (κ1) is 5.42. The van der Waals surface area contributed by atoms with Crippen LogP contribution in [0.25, 0.3) is 0 Å². The lowest BCUT2D eigenvalue weighted by atomic mass is 10.0. The first-order chi connectivity index (χ1) is 4.29. The van der Waals surface area contributed by atoms with Crippen LogP contribution in [0.1, 0.15) is 19.3 Å². The number of aliphatic hydroxyl groups excluding tert-OH is 1. The van der Waals surface area contributed by atoms with Gasteiger partial charge in [-0.2, -0.15) is 0 Å². The van der Waals surface area contributed by atoms with Gasteiger partial charge < -0.3 is 5.11 Å². The van der Waals surface area contributed by atoms with Crippen LogP contribution < -0.4 is 0 Å². The molecule has 0 aromatic heterocycles. The van der Waals surface area contributed by atoms with Crippen LogP contribution in [-0.4, -0.2) is 17.5 Å². The molecule has 0 heterocycles. The number of Topliss-reactive ketones (excluding diaryl/α,β-unsaturated/α-hetero) is 1. The molecule has 0 aliphatic heterocycles. The first-order valence-electron chi connectivity index (χ1n) is 3.44. The number of rotatable bonds is 1. The van der Waals surface area contributed by atoms with Crippen molar-refractivity contribution < 1.29 is 9.90 Å². The van der Waals surface area contributed by atoms with Gasteiger partial charge in [-0.3, -0.25) is 4.79 Å². The summed E-state index contributed by atoms with van der Waals surface area (Å²) in [5.74, 6) is 0.852. The van der Waals surface area contributed by atoms with Crippen molar-refractivity contribution in [3.8, 4) is 0 Å².